The molecule has 1 aliphatic rings. The van der Waals surface area contributed by atoms with Gasteiger partial charge in [-0.05, 0) is 37.3 Å². The largest absolute Gasteiger partial charge is 0.315 e. The molecular weight excluding hydrogens is 324 g/mol. The fourth-order valence-corrected chi connectivity index (χ4v) is 4.54. The number of unbranched alkanes of at least 4 members (excludes halogenated alkanes) is 1. The molecule has 0 radical (unpaired) electrons. The molecule has 0 unspecified atom stereocenters. The zero-order valence-electron chi connectivity index (χ0n) is 16.2. The predicted molar refractivity (Wildman–Crippen MR) is 113 cm³/mol. The molecule has 25 heavy (non-hydrogen) atoms. The van der Waals surface area contributed by atoms with Crippen LogP contribution in [-0.4, -0.2) is 43.4 Å². The monoisotopic (exact) mass is 362 g/mol. The van der Waals surface area contributed by atoms with Gasteiger partial charge in [0.15, 0.2) is 0 Å². The van der Waals surface area contributed by atoms with Crippen LogP contribution in [-0.2, 0) is 5.75 Å². The van der Waals surface area contributed by atoms with Crippen molar-refractivity contribution in [3.8, 4) is 0 Å². The Kier molecular flexibility index (Phi) is 11.4. The van der Waals surface area contributed by atoms with E-state index in [9.17, 15) is 0 Å². The molecule has 0 heterocycles. The minimum absolute atomic E-state index is 0.965. The summed E-state index contributed by atoms with van der Waals surface area (Å²) >= 11 is 2.03. The number of thioether (sulfide) groups is 1. The average molecular weight is 363 g/mol. The molecule has 1 N–H and O–H groups in total. The number of nitrogens with zero attached hydrogens (tertiary/aromatic N) is 1. The second kappa shape index (κ2) is 13.7. The first kappa shape index (κ1) is 20.8. The summed E-state index contributed by atoms with van der Waals surface area (Å²) in [5.41, 5.74) is 1.44. The molecule has 0 aliphatic heterocycles. The molecule has 1 aromatic rings. The summed E-state index contributed by atoms with van der Waals surface area (Å²) < 4.78 is 0. The summed E-state index contributed by atoms with van der Waals surface area (Å²) in [6, 6.07) is 10.8. The van der Waals surface area contributed by atoms with Gasteiger partial charge in [-0.1, -0.05) is 62.9 Å². The Morgan fingerprint density at radius 1 is 1.04 bits per heavy atom. The summed E-state index contributed by atoms with van der Waals surface area (Å²) in [5, 5.41) is 3.65. The van der Waals surface area contributed by atoms with E-state index in [0.29, 0.717) is 0 Å². The Morgan fingerprint density at radius 2 is 1.84 bits per heavy atom. The molecule has 1 aromatic carbocycles. The van der Waals surface area contributed by atoms with Crippen LogP contribution in [0.3, 0.4) is 0 Å². The smallest absolute Gasteiger partial charge is 0.0185 e. The van der Waals surface area contributed by atoms with Crippen LogP contribution in [0.15, 0.2) is 30.3 Å². The maximum Gasteiger partial charge on any atom is 0.0185 e. The number of hydrogen-bond donors (Lipinski definition) is 1. The molecule has 1 saturated carbocycles. The summed E-state index contributed by atoms with van der Waals surface area (Å²) in [4.78, 5) is 2.73. The van der Waals surface area contributed by atoms with E-state index in [1.165, 1.54) is 75.9 Å². The van der Waals surface area contributed by atoms with Crippen molar-refractivity contribution in [1.82, 2.24) is 10.2 Å². The van der Waals surface area contributed by atoms with Gasteiger partial charge in [-0.3, -0.25) is 0 Å². The van der Waals surface area contributed by atoms with Gasteiger partial charge in [-0.2, -0.15) is 11.8 Å². The highest BCUT2D eigenvalue weighted by Gasteiger charge is 2.16. The van der Waals surface area contributed by atoms with Crippen molar-refractivity contribution in [1.29, 1.82) is 0 Å². The molecule has 2 rings (SSSR count). The van der Waals surface area contributed by atoms with Crippen LogP contribution < -0.4 is 5.32 Å². The van der Waals surface area contributed by atoms with Gasteiger partial charge in [0, 0.05) is 37.7 Å². The summed E-state index contributed by atoms with van der Waals surface area (Å²) in [6.45, 7) is 8.42. The molecule has 1 fully saturated rings. The third-order valence-electron chi connectivity index (χ3n) is 5.21. The highest BCUT2D eigenvalue weighted by molar-refractivity contribution is 7.98. The second-order valence-electron chi connectivity index (χ2n) is 7.45. The van der Waals surface area contributed by atoms with Crippen LogP contribution in [0.4, 0.5) is 0 Å². The van der Waals surface area contributed by atoms with Crippen LogP contribution in [0.5, 0.6) is 0 Å². The molecule has 142 valence electrons. The van der Waals surface area contributed by atoms with E-state index in [0.717, 1.165) is 24.8 Å². The van der Waals surface area contributed by atoms with Gasteiger partial charge in [-0.25, -0.2) is 0 Å². The lowest BCUT2D eigenvalue weighted by atomic mass is 9.89. The van der Waals surface area contributed by atoms with Crippen LogP contribution in [0.25, 0.3) is 0 Å². The zero-order chi connectivity index (χ0) is 17.6. The van der Waals surface area contributed by atoms with Crippen LogP contribution in [0, 0.1) is 5.92 Å². The molecule has 0 saturated heterocycles. The lowest BCUT2D eigenvalue weighted by Gasteiger charge is -2.29. The van der Waals surface area contributed by atoms with Crippen molar-refractivity contribution in [2.24, 2.45) is 5.92 Å². The third-order valence-corrected chi connectivity index (χ3v) is 6.24. The normalized spacial score (nSPS) is 15.8. The minimum atomic E-state index is 0.965. The quantitative estimate of drug-likeness (QED) is 0.486. The summed E-state index contributed by atoms with van der Waals surface area (Å²) in [6.07, 6.45) is 9.97. The summed E-state index contributed by atoms with van der Waals surface area (Å²) in [5.74, 6) is 3.30. The van der Waals surface area contributed by atoms with E-state index >= 15 is 0 Å². The zero-order valence-corrected chi connectivity index (χ0v) is 17.0. The van der Waals surface area contributed by atoms with Crippen LogP contribution in [0.1, 0.15) is 57.4 Å². The Labute approximate surface area is 160 Å². The molecule has 0 aromatic heterocycles. The third kappa shape index (κ3) is 9.67. The Bertz CT molecular complexity index is 417. The minimum Gasteiger partial charge on any atom is -0.315 e. The molecule has 3 heteroatoms. The van der Waals surface area contributed by atoms with Crippen molar-refractivity contribution in [3.05, 3.63) is 35.9 Å². The molecule has 2 nitrogen and oxygen atoms in total. The van der Waals surface area contributed by atoms with Gasteiger partial charge in [0.05, 0.1) is 0 Å². The van der Waals surface area contributed by atoms with Crippen molar-refractivity contribution in [2.75, 3.05) is 38.5 Å². The maximum absolute atomic E-state index is 3.65. The first-order valence-corrected chi connectivity index (χ1v) is 11.6. The number of nitrogens with one attached hydrogen (secondary N) is 1. The molecule has 0 bridgehead atoms. The first-order valence-electron chi connectivity index (χ1n) is 10.4. The standard InChI is InChI=1S/C22H38N2S/c1-2-3-16-24(19-21-10-6-4-7-11-21)17-14-23-15-18-25-20-22-12-8-5-9-13-22/h5,8-9,12-13,21,23H,2-4,6-7,10-11,14-20H2,1H3. The predicted octanol–water partition coefficient (Wildman–Crippen LogP) is 5.19. The lowest BCUT2D eigenvalue weighted by Crippen LogP contribution is -2.37. The van der Waals surface area contributed by atoms with Gasteiger partial charge in [0.25, 0.3) is 0 Å². The van der Waals surface area contributed by atoms with Gasteiger partial charge < -0.3 is 10.2 Å². The maximum atomic E-state index is 3.65. The van der Waals surface area contributed by atoms with Crippen molar-refractivity contribution < 1.29 is 0 Å². The van der Waals surface area contributed by atoms with Crippen LogP contribution in [0.2, 0.25) is 0 Å². The topological polar surface area (TPSA) is 15.3 Å². The molecule has 0 amide bonds. The molecule has 0 spiro atoms. The van der Waals surface area contributed by atoms with Crippen molar-refractivity contribution >= 4 is 11.8 Å². The van der Waals surface area contributed by atoms with E-state index < -0.39 is 0 Å². The summed E-state index contributed by atoms with van der Waals surface area (Å²) in [7, 11) is 0. The number of benzene rings is 1. The van der Waals surface area contributed by atoms with E-state index in [4.69, 9.17) is 0 Å². The van der Waals surface area contributed by atoms with E-state index in [1.54, 1.807) is 0 Å². The Balaban J connectivity index is 1.53. The van der Waals surface area contributed by atoms with Crippen molar-refractivity contribution in [3.63, 3.8) is 0 Å². The van der Waals surface area contributed by atoms with Crippen molar-refractivity contribution in [2.45, 2.75) is 57.6 Å². The van der Waals surface area contributed by atoms with Gasteiger partial charge in [0.2, 0.25) is 0 Å². The van der Waals surface area contributed by atoms with Gasteiger partial charge in [0.1, 0.15) is 0 Å². The average Bonchev–Trinajstić information content (AvgIpc) is 2.66. The highest BCUT2D eigenvalue weighted by atomic mass is 32.2. The van der Waals surface area contributed by atoms with E-state index in [2.05, 4.69) is 47.5 Å². The second-order valence-corrected chi connectivity index (χ2v) is 8.55. The first-order chi connectivity index (χ1) is 12.4. The fourth-order valence-electron chi connectivity index (χ4n) is 3.68. The van der Waals surface area contributed by atoms with E-state index in [-0.39, 0.29) is 0 Å². The number of rotatable bonds is 13. The Hall–Kier alpha value is -0.510. The fraction of sp³-hybridized carbons (Fsp3) is 0.727. The van der Waals surface area contributed by atoms with Crippen LogP contribution >= 0.6 is 11.8 Å². The molecule has 1 aliphatic carbocycles. The number of hydrogen-bond acceptors (Lipinski definition) is 3. The molecule has 0 atom stereocenters. The van der Waals surface area contributed by atoms with Gasteiger partial charge >= 0.3 is 0 Å². The van der Waals surface area contributed by atoms with E-state index in [1.807, 2.05) is 11.8 Å². The lowest BCUT2D eigenvalue weighted by molar-refractivity contribution is 0.199. The SMILES string of the molecule is CCCCN(CCNCCSCc1ccccc1)CC1CCCCC1. The van der Waals surface area contributed by atoms with Gasteiger partial charge in [-0.15, -0.1) is 0 Å². The Morgan fingerprint density at radius 3 is 2.60 bits per heavy atom. The molecular formula is C22H38N2S. The highest BCUT2D eigenvalue weighted by Crippen LogP contribution is 2.24.